The molecule has 8 heteroatoms. The monoisotopic (exact) mass is 1140 g/mol. The van der Waals surface area contributed by atoms with Crippen LogP contribution in [0.1, 0.15) is 166 Å². The highest BCUT2D eigenvalue weighted by atomic mass is 16.5. The van der Waals surface area contributed by atoms with Crippen LogP contribution in [0.4, 0.5) is 0 Å². The van der Waals surface area contributed by atoms with Crippen molar-refractivity contribution in [2.75, 3.05) is 27.4 Å². The summed E-state index contributed by atoms with van der Waals surface area (Å²) in [5.74, 6) is 5.44. The molecule has 8 nitrogen and oxygen atoms in total. The van der Waals surface area contributed by atoms with Crippen LogP contribution in [0.25, 0.3) is 22.3 Å². The van der Waals surface area contributed by atoms with Gasteiger partial charge in [-0.05, 0) is 190 Å². The van der Waals surface area contributed by atoms with Gasteiger partial charge in [-0.1, -0.05) is 85.6 Å². The van der Waals surface area contributed by atoms with Crippen molar-refractivity contribution in [3.8, 4) is 45.3 Å². The zero-order chi connectivity index (χ0) is 57.5. The number of fused-ring (bicyclic) bond motifs is 4. The van der Waals surface area contributed by atoms with E-state index in [2.05, 4.69) is 189 Å². The summed E-state index contributed by atoms with van der Waals surface area (Å²) in [7, 11) is 3.85. The van der Waals surface area contributed by atoms with Crippen molar-refractivity contribution >= 4 is 0 Å². The highest BCUT2D eigenvalue weighted by Gasteiger charge is 2.41. The fourth-order valence-electron chi connectivity index (χ4n) is 15.5. The molecular weight excluding hydrogens is 1060 g/mol. The van der Waals surface area contributed by atoms with Gasteiger partial charge < -0.3 is 18.9 Å². The van der Waals surface area contributed by atoms with Crippen LogP contribution in [0.3, 0.4) is 0 Å². The molecule has 0 saturated heterocycles. The number of hydrogen-bond donors (Lipinski definition) is 0. The van der Waals surface area contributed by atoms with Gasteiger partial charge in [0.05, 0.1) is 14.2 Å². The lowest BCUT2D eigenvalue weighted by atomic mass is 9.64. The van der Waals surface area contributed by atoms with E-state index in [-0.39, 0.29) is 11.8 Å². The van der Waals surface area contributed by atoms with Gasteiger partial charge in [-0.15, -0.1) is 0 Å². The maximum absolute atomic E-state index is 7.43. The molecule has 0 N–H and O–H groups in total. The van der Waals surface area contributed by atoms with Gasteiger partial charge in [0.15, 0.2) is 75.8 Å². The first-order valence-electron chi connectivity index (χ1n) is 32.4. The second kappa shape index (κ2) is 24.0. The molecule has 0 spiro atoms. The average molecular weight is 1140 g/mol. The average Bonchev–Trinajstić information content (AvgIpc) is 0.948. The predicted molar refractivity (Wildman–Crippen MR) is 337 cm³/mol. The zero-order valence-electron chi connectivity index (χ0n) is 50.5. The Bertz CT molecular complexity index is 3670. The third kappa shape index (κ3) is 11.1. The Hall–Kier alpha value is -8.10. The first kappa shape index (κ1) is 54.5. The number of ether oxygens (including phenoxy) is 4. The second-order valence-corrected chi connectivity index (χ2v) is 25.8. The van der Waals surface area contributed by atoms with Crippen LogP contribution >= 0.6 is 0 Å². The van der Waals surface area contributed by atoms with Gasteiger partial charge in [-0.25, -0.2) is 18.3 Å². The Morgan fingerprint density at radius 2 is 0.651 bits per heavy atom. The Morgan fingerprint density at radius 3 is 0.988 bits per heavy atom. The fourth-order valence-corrected chi connectivity index (χ4v) is 15.5. The van der Waals surface area contributed by atoms with E-state index in [1.165, 1.54) is 113 Å². The number of aromatic nitrogens is 4. The van der Waals surface area contributed by atoms with E-state index < -0.39 is 0 Å². The maximum atomic E-state index is 7.43. The molecule has 27 rings (SSSR count). The van der Waals surface area contributed by atoms with Gasteiger partial charge in [0, 0.05) is 72.5 Å². The van der Waals surface area contributed by atoms with Crippen LogP contribution in [0.2, 0.25) is 0 Å². The molecule has 4 atom stereocenters. The number of benzene rings is 5. The molecule has 9 aromatic rings. The summed E-state index contributed by atoms with van der Waals surface area (Å²) in [6, 6.07) is 47.3. The predicted octanol–water partition coefficient (Wildman–Crippen LogP) is 14.1. The van der Waals surface area contributed by atoms with Crippen LogP contribution in [0.5, 0.6) is 23.0 Å². The molecule has 86 heavy (non-hydrogen) atoms. The highest BCUT2D eigenvalue weighted by Crippen LogP contribution is 2.58. The lowest BCUT2D eigenvalue weighted by molar-refractivity contribution is -0.697. The van der Waals surface area contributed by atoms with Gasteiger partial charge >= 0.3 is 0 Å². The molecule has 18 aliphatic rings. The number of pyridine rings is 4. The Labute approximate surface area is 508 Å². The molecule has 0 radical (unpaired) electrons. The molecule has 4 aromatic heterocycles. The lowest BCUT2D eigenvalue weighted by Gasteiger charge is -2.41. The van der Waals surface area contributed by atoms with Crippen LogP contribution in [0, 0.1) is 0 Å². The van der Waals surface area contributed by atoms with Crippen LogP contribution < -0.4 is 37.2 Å². The number of hydrogen-bond acceptors (Lipinski definition) is 4. The molecular formula is C78H82N4O4+4. The van der Waals surface area contributed by atoms with E-state index in [1.54, 1.807) is 0 Å². The normalized spacial score (nSPS) is 19.8. The summed E-state index contributed by atoms with van der Waals surface area (Å²) < 4.78 is 37.5. The van der Waals surface area contributed by atoms with E-state index in [0.717, 1.165) is 139 Å². The van der Waals surface area contributed by atoms with Crippen molar-refractivity contribution in [2.45, 2.75) is 153 Å². The van der Waals surface area contributed by atoms with Gasteiger partial charge in [0.1, 0.15) is 36.2 Å². The highest BCUT2D eigenvalue weighted by molar-refractivity contribution is 5.63. The Balaban J connectivity index is 0.880. The topological polar surface area (TPSA) is 52.4 Å². The zero-order valence-corrected chi connectivity index (χ0v) is 50.5. The first-order chi connectivity index (χ1) is 42.4. The van der Waals surface area contributed by atoms with Gasteiger partial charge in [-0.3, -0.25) is 0 Å². The third-order valence-corrected chi connectivity index (χ3v) is 20.4. The molecule has 17 heterocycles. The minimum Gasteiger partial charge on any atom is -0.496 e. The SMILES string of the molecule is COc1c2cc3cc1C1CCC1c1cc(cc4c1OCC[n+]1ccc(cc1)-c1cc[n+](cc1)Cc1ccc(cc1)C[n+]1ccc(cc1)-c1cc[n+](cc1)CCOc1c(cc5cc1C1CCC1c1cc(cc(c1OC)C4)CCCCC5)C2)CCCCC3. The van der Waals surface area contributed by atoms with E-state index in [0.29, 0.717) is 25.0 Å². The van der Waals surface area contributed by atoms with Crippen LogP contribution in [-0.4, -0.2) is 27.4 Å². The first-order valence-corrected chi connectivity index (χ1v) is 32.4. The molecule has 5 aliphatic carbocycles. The summed E-state index contributed by atoms with van der Waals surface area (Å²) in [4.78, 5) is 0. The Morgan fingerprint density at radius 1 is 0.337 bits per heavy atom. The molecule has 13 aliphatic heterocycles. The second-order valence-electron chi connectivity index (χ2n) is 25.8. The largest absolute Gasteiger partial charge is 0.496 e. The molecule has 2 fully saturated rings. The number of rotatable bonds is 2. The smallest absolute Gasteiger partial charge is 0.182 e. The van der Waals surface area contributed by atoms with Crippen molar-refractivity contribution in [2.24, 2.45) is 0 Å². The van der Waals surface area contributed by atoms with E-state index >= 15 is 0 Å². The quantitative estimate of drug-likeness (QED) is 0.162. The fraction of sp³-hybridized carbons (Fsp3) is 0.359. The van der Waals surface area contributed by atoms with E-state index in [9.17, 15) is 0 Å². The molecule has 434 valence electrons. The van der Waals surface area contributed by atoms with Crippen molar-refractivity contribution < 1.29 is 37.2 Å². The molecule has 24 bridgehead atoms. The summed E-state index contributed by atoms with van der Waals surface area (Å²) in [5.41, 5.74) is 23.7. The third-order valence-electron chi connectivity index (χ3n) is 20.4. The van der Waals surface area contributed by atoms with E-state index in [4.69, 9.17) is 18.9 Å². The van der Waals surface area contributed by atoms with Gasteiger partial charge in [-0.2, -0.15) is 0 Å². The lowest BCUT2D eigenvalue weighted by Crippen LogP contribution is -2.36. The molecule has 0 amide bonds. The molecule has 2 saturated carbocycles. The summed E-state index contributed by atoms with van der Waals surface area (Å²) in [5, 5.41) is 0. The van der Waals surface area contributed by atoms with Crippen molar-refractivity contribution in [1.82, 2.24) is 0 Å². The number of aryl methyl sites for hydroxylation is 4. The van der Waals surface area contributed by atoms with Crippen molar-refractivity contribution in [3.05, 3.63) is 249 Å². The molecule has 5 aromatic carbocycles. The summed E-state index contributed by atoms with van der Waals surface area (Å²) in [6.45, 7) is 4.21. The minimum atomic E-state index is 0.289. The maximum Gasteiger partial charge on any atom is 0.182 e. The number of nitrogens with zero attached hydrogens (tertiary/aromatic N) is 4. The standard InChI is InChI=1S/C78H82N4O4/c1-83-75-63-41-55-9-5-3-7-12-58-44-66-50-64-42-56-10-6-4-8-11-57-43-65(49-63)77(74(48-57)70-20-18-68(70)72(46-56)76(64)84-2)85-39-37-79-29-21-59(22-30-79)61-25-33-81(34-26-61)51-53-13-15-54(16-14-53)52-82-35-27-62(28-36-82)60-23-31-80(32-24-60)38-40-86-78(66)73(47-58)69-19-17-67(69)71(75)45-55/h13-16,21-36,41-48,67-70H,3-12,17-20,37-40,49-52H2,1-2H3/q+4. The minimum absolute atomic E-state index is 0.289. The van der Waals surface area contributed by atoms with Crippen LogP contribution in [0.15, 0.2) is 171 Å². The summed E-state index contributed by atoms with van der Waals surface area (Å²) >= 11 is 0. The van der Waals surface area contributed by atoms with Gasteiger partial charge in [0.25, 0.3) is 0 Å². The van der Waals surface area contributed by atoms with Crippen molar-refractivity contribution in [1.29, 1.82) is 0 Å². The van der Waals surface area contributed by atoms with Gasteiger partial charge in [0.2, 0.25) is 0 Å². The van der Waals surface area contributed by atoms with Crippen molar-refractivity contribution in [3.63, 3.8) is 0 Å². The molecule has 4 unspecified atom stereocenters. The van der Waals surface area contributed by atoms with Crippen LogP contribution in [-0.2, 0) is 64.7 Å². The summed E-state index contributed by atoms with van der Waals surface area (Å²) in [6.07, 6.45) is 34.9. The van der Waals surface area contributed by atoms with E-state index in [1.807, 2.05) is 14.2 Å². The Kier molecular flexibility index (Phi) is 15.2. The number of methoxy groups -OCH3 is 2.